The van der Waals surface area contributed by atoms with Crippen LogP contribution in [0.2, 0.25) is 0 Å². The summed E-state index contributed by atoms with van der Waals surface area (Å²) >= 11 is 0. The smallest absolute Gasteiger partial charge is 0.346 e. The molecule has 53 heavy (non-hydrogen) atoms. The summed E-state index contributed by atoms with van der Waals surface area (Å²) in [6.45, 7) is 30.4. The molecule has 0 aromatic rings. The quantitative estimate of drug-likeness (QED) is 0.0453. The standard InChI is InChI=1S/C45H92O8/c1-14-21-26-30-41(13)53-45(48-35-28-23-16-3,49-36-31-42(29-19-6)46-33-27-22-15-2)44(50-37-38(8)9,52-40(12)20-7)43(32-24-17-4,51-39(10)11)47-34-25-18-5/h38-42H,14-37H2,1-13H3. The molecule has 0 heterocycles. The van der Waals surface area contributed by atoms with E-state index in [0.29, 0.717) is 39.3 Å². The second-order valence-corrected chi connectivity index (χ2v) is 16.0. The van der Waals surface area contributed by atoms with Gasteiger partial charge in [-0.1, -0.05) is 127 Å². The maximum absolute atomic E-state index is 7.40. The van der Waals surface area contributed by atoms with Crippen molar-refractivity contribution in [3.63, 3.8) is 0 Å². The molecule has 8 nitrogen and oxygen atoms in total. The van der Waals surface area contributed by atoms with E-state index in [9.17, 15) is 0 Å². The van der Waals surface area contributed by atoms with Gasteiger partial charge in [0.15, 0.2) is 0 Å². The highest BCUT2D eigenvalue weighted by Crippen LogP contribution is 2.50. The molecule has 8 heteroatoms. The maximum atomic E-state index is 7.40. The van der Waals surface area contributed by atoms with Crippen molar-refractivity contribution in [2.75, 3.05) is 33.0 Å². The SMILES string of the molecule is CCCCCOC(CCC)CCOC(OCCCCC)(OC(C)CCCCC)C(OCC(C)C)(OC(C)CC)C(CCCC)(OCCCC)OC(C)C. The van der Waals surface area contributed by atoms with Gasteiger partial charge in [0.05, 0.1) is 50.8 Å². The van der Waals surface area contributed by atoms with Crippen LogP contribution >= 0.6 is 0 Å². The zero-order valence-corrected chi connectivity index (χ0v) is 37.6. The van der Waals surface area contributed by atoms with E-state index >= 15 is 0 Å². The summed E-state index contributed by atoms with van der Waals surface area (Å²) < 4.78 is 57.3. The second-order valence-electron chi connectivity index (χ2n) is 16.0. The van der Waals surface area contributed by atoms with E-state index in [2.05, 4.69) is 90.0 Å². The lowest BCUT2D eigenvalue weighted by molar-refractivity contribution is -0.565. The average molecular weight is 761 g/mol. The van der Waals surface area contributed by atoms with Crippen LogP contribution in [0.3, 0.4) is 0 Å². The number of unbranched alkanes of at least 4 members (excludes halogenated alkanes) is 8. The van der Waals surface area contributed by atoms with Crippen molar-refractivity contribution in [1.29, 1.82) is 0 Å². The molecule has 0 aromatic heterocycles. The zero-order valence-electron chi connectivity index (χ0n) is 37.6. The lowest BCUT2D eigenvalue weighted by Crippen LogP contribution is -2.76. The van der Waals surface area contributed by atoms with Crippen molar-refractivity contribution in [3.05, 3.63) is 0 Å². The first-order valence-electron chi connectivity index (χ1n) is 22.6. The van der Waals surface area contributed by atoms with Gasteiger partial charge in [-0.25, -0.2) is 0 Å². The molecule has 0 fully saturated rings. The minimum absolute atomic E-state index is 0.0654. The van der Waals surface area contributed by atoms with Crippen molar-refractivity contribution in [3.8, 4) is 0 Å². The Hall–Kier alpha value is -0.320. The number of hydrogen-bond acceptors (Lipinski definition) is 8. The van der Waals surface area contributed by atoms with Gasteiger partial charge in [0.25, 0.3) is 0 Å². The third-order valence-electron chi connectivity index (χ3n) is 9.64. The largest absolute Gasteiger partial charge is 0.378 e. The number of hydrogen-bond donors (Lipinski definition) is 0. The molecule has 0 amide bonds. The molecule has 6 unspecified atom stereocenters. The van der Waals surface area contributed by atoms with Gasteiger partial charge >= 0.3 is 11.8 Å². The van der Waals surface area contributed by atoms with E-state index in [1.807, 2.05) is 0 Å². The second kappa shape index (κ2) is 31.7. The van der Waals surface area contributed by atoms with E-state index in [-0.39, 0.29) is 30.3 Å². The van der Waals surface area contributed by atoms with E-state index < -0.39 is 17.5 Å². The molecule has 320 valence electrons. The molecule has 0 aliphatic heterocycles. The normalized spacial score (nSPS) is 17.5. The fourth-order valence-corrected chi connectivity index (χ4v) is 6.45. The molecule has 0 saturated carbocycles. The summed E-state index contributed by atoms with van der Waals surface area (Å²) in [5, 5.41) is 0. The predicted octanol–water partition coefficient (Wildman–Crippen LogP) is 12.9. The van der Waals surface area contributed by atoms with E-state index in [1.54, 1.807) is 0 Å². The van der Waals surface area contributed by atoms with Crippen molar-refractivity contribution in [2.24, 2.45) is 5.92 Å². The minimum atomic E-state index is -1.81. The van der Waals surface area contributed by atoms with Crippen LogP contribution in [0, 0.1) is 5.92 Å². The van der Waals surface area contributed by atoms with Gasteiger partial charge in [-0.2, -0.15) is 0 Å². The first kappa shape index (κ1) is 52.7. The molecule has 0 saturated heterocycles. The fourth-order valence-electron chi connectivity index (χ4n) is 6.45. The van der Waals surface area contributed by atoms with Crippen LogP contribution in [0.1, 0.15) is 212 Å². The molecule has 0 rings (SSSR count). The molecule has 0 radical (unpaired) electrons. The summed E-state index contributed by atoms with van der Waals surface area (Å²) in [6, 6.07) is 0. The molecule has 0 aliphatic carbocycles. The van der Waals surface area contributed by atoms with Crippen molar-refractivity contribution >= 4 is 0 Å². The molecule has 0 N–H and O–H groups in total. The number of ether oxygens (including phenoxy) is 8. The molecule has 6 atom stereocenters. The van der Waals surface area contributed by atoms with Gasteiger partial charge in [0.2, 0.25) is 5.79 Å². The third-order valence-corrected chi connectivity index (χ3v) is 9.64. The van der Waals surface area contributed by atoms with Gasteiger partial charge < -0.3 is 37.9 Å². The molecule has 0 aliphatic rings. The van der Waals surface area contributed by atoms with Crippen molar-refractivity contribution in [1.82, 2.24) is 0 Å². The van der Waals surface area contributed by atoms with E-state index in [0.717, 1.165) is 103 Å². The van der Waals surface area contributed by atoms with Crippen LogP contribution in [0.15, 0.2) is 0 Å². The Bertz CT molecular complexity index is 811. The van der Waals surface area contributed by atoms with Crippen LogP contribution < -0.4 is 0 Å². The third kappa shape index (κ3) is 20.1. The summed E-state index contributed by atoms with van der Waals surface area (Å²) in [4.78, 5) is 0. The monoisotopic (exact) mass is 761 g/mol. The molecule has 0 bridgehead atoms. The summed E-state index contributed by atoms with van der Waals surface area (Å²) in [6.07, 6.45) is 17.5. The van der Waals surface area contributed by atoms with Gasteiger partial charge in [-0.3, -0.25) is 0 Å². The maximum Gasteiger partial charge on any atom is 0.346 e. The Kier molecular flexibility index (Phi) is 31.5. The van der Waals surface area contributed by atoms with Crippen LogP contribution in [-0.2, 0) is 37.9 Å². The van der Waals surface area contributed by atoms with Crippen LogP contribution in [0.25, 0.3) is 0 Å². The Balaban J connectivity index is 7.99. The number of rotatable bonds is 39. The van der Waals surface area contributed by atoms with Crippen molar-refractivity contribution < 1.29 is 37.9 Å². The topological polar surface area (TPSA) is 73.8 Å². The highest BCUT2D eigenvalue weighted by Gasteiger charge is 2.73. The van der Waals surface area contributed by atoms with E-state index in [4.69, 9.17) is 37.9 Å². The first-order chi connectivity index (χ1) is 25.4. The lowest BCUT2D eigenvalue weighted by atomic mass is 9.93. The Labute approximate surface area is 330 Å². The van der Waals surface area contributed by atoms with Crippen LogP contribution in [0.4, 0.5) is 0 Å². The molecular formula is C45H92O8. The highest BCUT2D eigenvalue weighted by molar-refractivity contribution is 5.00. The summed E-state index contributed by atoms with van der Waals surface area (Å²) in [5.41, 5.74) is 0. The van der Waals surface area contributed by atoms with Gasteiger partial charge in [0.1, 0.15) is 0 Å². The Morgan fingerprint density at radius 3 is 1.60 bits per heavy atom. The predicted molar refractivity (Wildman–Crippen MR) is 221 cm³/mol. The highest BCUT2D eigenvalue weighted by atomic mass is 16.9. The fraction of sp³-hybridized carbons (Fsp3) is 1.00. The lowest BCUT2D eigenvalue weighted by Gasteiger charge is -2.57. The molecular weight excluding hydrogens is 668 g/mol. The zero-order chi connectivity index (χ0) is 40.0. The Morgan fingerprint density at radius 2 is 1.04 bits per heavy atom. The van der Waals surface area contributed by atoms with E-state index in [1.165, 1.54) is 12.8 Å². The van der Waals surface area contributed by atoms with Crippen LogP contribution in [0.5, 0.6) is 0 Å². The molecule has 0 aromatic carbocycles. The average Bonchev–Trinajstić information content (AvgIpc) is 3.12. The Morgan fingerprint density at radius 1 is 0.453 bits per heavy atom. The molecule has 0 spiro atoms. The summed E-state index contributed by atoms with van der Waals surface area (Å²) in [7, 11) is 0. The minimum Gasteiger partial charge on any atom is -0.378 e. The summed E-state index contributed by atoms with van der Waals surface area (Å²) in [5.74, 6) is -4.77. The van der Waals surface area contributed by atoms with Crippen molar-refractivity contribution in [2.45, 2.75) is 254 Å². The van der Waals surface area contributed by atoms with Crippen LogP contribution in [-0.4, -0.2) is 75.0 Å². The first-order valence-corrected chi connectivity index (χ1v) is 22.6. The van der Waals surface area contributed by atoms with Gasteiger partial charge in [-0.15, -0.1) is 0 Å². The van der Waals surface area contributed by atoms with Gasteiger partial charge in [-0.05, 0) is 85.0 Å². The van der Waals surface area contributed by atoms with Gasteiger partial charge in [0, 0.05) is 13.0 Å².